The number of nitrogens with zero attached hydrogens (tertiary/aromatic N) is 3. The Labute approximate surface area is 197 Å². The molecule has 3 N–H and O–H groups in total. The third kappa shape index (κ3) is 4.17. The number of aromatic amines is 1. The Balaban J connectivity index is 1.46. The summed E-state index contributed by atoms with van der Waals surface area (Å²) in [5.41, 5.74) is 4.21. The number of anilines is 2. The van der Waals surface area contributed by atoms with Gasteiger partial charge in [-0.05, 0) is 37.1 Å². The topological polar surface area (TPSA) is 112 Å². The number of amides is 2. The molecule has 4 heterocycles. The number of hydrogen-bond acceptors (Lipinski definition) is 6. The zero-order valence-corrected chi connectivity index (χ0v) is 19.1. The quantitative estimate of drug-likeness (QED) is 0.506. The highest BCUT2D eigenvalue weighted by Crippen LogP contribution is 2.37. The summed E-state index contributed by atoms with van der Waals surface area (Å²) < 4.78 is 5.34. The molecule has 0 bridgehead atoms. The van der Waals surface area contributed by atoms with Gasteiger partial charge in [0.15, 0.2) is 0 Å². The number of aryl methyl sites for hydroxylation is 1. The third-order valence-electron chi connectivity index (χ3n) is 6.12. The van der Waals surface area contributed by atoms with E-state index in [9.17, 15) is 9.59 Å². The number of rotatable bonds is 5. The second-order valence-electron chi connectivity index (χ2n) is 8.42. The van der Waals surface area contributed by atoms with Crippen LogP contribution in [-0.4, -0.2) is 58.0 Å². The Morgan fingerprint density at radius 3 is 2.74 bits per heavy atom. The lowest BCUT2D eigenvalue weighted by atomic mass is 10.1. The summed E-state index contributed by atoms with van der Waals surface area (Å²) in [6.07, 6.45) is 3.19. The minimum atomic E-state index is -0.263. The number of hydrogen-bond donors (Lipinski definition) is 3. The molecule has 2 amide bonds. The van der Waals surface area contributed by atoms with Gasteiger partial charge >= 0.3 is 0 Å². The van der Waals surface area contributed by atoms with Crippen LogP contribution in [0, 0.1) is 6.92 Å². The van der Waals surface area contributed by atoms with E-state index in [1.165, 1.54) is 6.33 Å². The van der Waals surface area contributed by atoms with E-state index in [2.05, 4.69) is 25.6 Å². The van der Waals surface area contributed by atoms with Gasteiger partial charge in [0.05, 0.1) is 24.4 Å². The monoisotopic (exact) mass is 458 g/mol. The molecule has 9 heteroatoms. The number of benzene rings is 1. The van der Waals surface area contributed by atoms with Crippen LogP contribution in [0.4, 0.5) is 11.6 Å². The maximum Gasteiger partial charge on any atom is 0.270 e. The van der Waals surface area contributed by atoms with Gasteiger partial charge in [0.1, 0.15) is 23.7 Å². The molecular weight excluding hydrogens is 432 g/mol. The van der Waals surface area contributed by atoms with Gasteiger partial charge in [0.25, 0.3) is 11.8 Å². The van der Waals surface area contributed by atoms with Gasteiger partial charge in [0.2, 0.25) is 0 Å². The second-order valence-corrected chi connectivity index (χ2v) is 8.42. The Bertz CT molecular complexity index is 1260. The van der Waals surface area contributed by atoms with E-state index in [1.807, 2.05) is 50.2 Å². The van der Waals surface area contributed by atoms with E-state index >= 15 is 0 Å². The Kier molecular flexibility index (Phi) is 5.85. The number of aromatic nitrogens is 3. The number of fused-ring (bicyclic) bond motifs is 1. The molecule has 1 fully saturated rings. The minimum absolute atomic E-state index is 0.0258. The first kappa shape index (κ1) is 21.8. The number of H-pyrrole nitrogens is 1. The zero-order chi connectivity index (χ0) is 23.7. The molecular formula is C25H26N6O3. The van der Waals surface area contributed by atoms with Crippen LogP contribution in [0.15, 0.2) is 42.7 Å². The molecule has 2 aliphatic heterocycles. The van der Waals surface area contributed by atoms with Crippen LogP contribution >= 0.6 is 0 Å². The fourth-order valence-corrected chi connectivity index (χ4v) is 4.22. The van der Waals surface area contributed by atoms with Gasteiger partial charge in [0, 0.05) is 24.8 Å². The molecule has 2 aromatic heterocycles. The summed E-state index contributed by atoms with van der Waals surface area (Å²) in [4.78, 5) is 39.4. The highest BCUT2D eigenvalue weighted by Gasteiger charge is 2.30. The SMILES string of the molecule is Cc1cc(C(=O)N2CCOCC2)[nH]c1C=C1C(=O)Nc2ncnc(N[C@H](C)c3ccccc3)c21. The lowest BCUT2D eigenvalue weighted by Crippen LogP contribution is -2.40. The van der Waals surface area contributed by atoms with Crippen LogP contribution in [0.2, 0.25) is 0 Å². The van der Waals surface area contributed by atoms with Crippen molar-refractivity contribution in [1.82, 2.24) is 19.9 Å². The van der Waals surface area contributed by atoms with Crippen LogP contribution < -0.4 is 10.6 Å². The highest BCUT2D eigenvalue weighted by atomic mass is 16.5. The van der Waals surface area contributed by atoms with Crippen molar-refractivity contribution in [3.63, 3.8) is 0 Å². The molecule has 0 saturated carbocycles. The summed E-state index contributed by atoms with van der Waals surface area (Å²) in [6.45, 7) is 6.15. The van der Waals surface area contributed by atoms with E-state index in [-0.39, 0.29) is 17.9 Å². The van der Waals surface area contributed by atoms with Gasteiger partial charge in [-0.1, -0.05) is 30.3 Å². The lowest BCUT2D eigenvalue weighted by molar-refractivity contribution is -0.110. The predicted octanol–water partition coefficient (Wildman–Crippen LogP) is 3.25. The van der Waals surface area contributed by atoms with Crippen LogP contribution in [-0.2, 0) is 9.53 Å². The Morgan fingerprint density at radius 1 is 1.21 bits per heavy atom. The molecule has 1 aromatic carbocycles. The van der Waals surface area contributed by atoms with Crippen LogP contribution in [0.25, 0.3) is 11.6 Å². The van der Waals surface area contributed by atoms with Gasteiger partial charge < -0.3 is 25.3 Å². The van der Waals surface area contributed by atoms with Crippen LogP contribution in [0.1, 0.15) is 45.8 Å². The first-order valence-electron chi connectivity index (χ1n) is 11.3. The normalized spacial score (nSPS) is 17.4. The average Bonchev–Trinajstić information content (AvgIpc) is 3.39. The summed E-state index contributed by atoms with van der Waals surface area (Å²) in [5.74, 6) is 0.693. The van der Waals surface area contributed by atoms with Crippen LogP contribution in [0.5, 0.6) is 0 Å². The zero-order valence-electron chi connectivity index (χ0n) is 19.1. The van der Waals surface area contributed by atoms with Crippen molar-refractivity contribution in [2.45, 2.75) is 19.9 Å². The van der Waals surface area contributed by atoms with E-state index in [0.717, 1.165) is 11.1 Å². The van der Waals surface area contributed by atoms with Gasteiger partial charge in [-0.3, -0.25) is 9.59 Å². The molecule has 0 radical (unpaired) electrons. The molecule has 1 atom stereocenters. The lowest BCUT2D eigenvalue weighted by Gasteiger charge is -2.26. The molecule has 2 aliphatic rings. The van der Waals surface area contributed by atoms with E-state index in [1.54, 1.807) is 11.0 Å². The fourth-order valence-electron chi connectivity index (χ4n) is 4.22. The van der Waals surface area contributed by atoms with Crippen molar-refractivity contribution in [2.75, 3.05) is 36.9 Å². The molecule has 5 rings (SSSR count). The number of ether oxygens (including phenoxy) is 1. The first-order chi connectivity index (χ1) is 16.5. The maximum atomic E-state index is 12.9. The molecule has 0 aliphatic carbocycles. The summed E-state index contributed by atoms with van der Waals surface area (Å²) in [6, 6.07) is 11.8. The molecule has 1 saturated heterocycles. The maximum absolute atomic E-state index is 12.9. The van der Waals surface area contributed by atoms with Crippen molar-refractivity contribution in [3.8, 4) is 0 Å². The van der Waals surface area contributed by atoms with Crippen molar-refractivity contribution >= 4 is 35.1 Å². The molecule has 0 unspecified atom stereocenters. The minimum Gasteiger partial charge on any atom is -0.378 e. The molecule has 34 heavy (non-hydrogen) atoms. The van der Waals surface area contributed by atoms with Gasteiger partial charge in [-0.2, -0.15) is 0 Å². The number of carbonyl (C=O) groups is 2. The molecule has 174 valence electrons. The van der Waals surface area contributed by atoms with Crippen LogP contribution in [0.3, 0.4) is 0 Å². The predicted molar refractivity (Wildman–Crippen MR) is 129 cm³/mol. The first-order valence-corrected chi connectivity index (χ1v) is 11.3. The number of nitrogens with one attached hydrogen (secondary N) is 3. The molecule has 9 nitrogen and oxygen atoms in total. The largest absolute Gasteiger partial charge is 0.378 e. The standard InChI is InChI=1S/C25H26N6O3/c1-15-12-20(25(33)31-8-10-34-11-9-31)29-19(15)13-18-21-22(26-14-27-23(21)30-24(18)32)28-16(2)17-6-4-3-5-7-17/h3-7,12-14,16,29H,8-11H2,1-2H3,(H2,26,27,28,30,32)/t16-/m1/s1. The number of morpholine rings is 1. The van der Waals surface area contributed by atoms with E-state index in [4.69, 9.17) is 4.74 Å². The van der Waals surface area contributed by atoms with Gasteiger partial charge in [-0.25, -0.2) is 9.97 Å². The Morgan fingerprint density at radius 2 is 1.97 bits per heavy atom. The van der Waals surface area contributed by atoms with Crippen molar-refractivity contribution < 1.29 is 14.3 Å². The fraction of sp³-hybridized carbons (Fsp3) is 0.280. The highest BCUT2D eigenvalue weighted by molar-refractivity contribution is 6.35. The van der Waals surface area contributed by atoms with Gasteiger partial charge in [-0.15, -0.1) is 0 Å². The summed E-state index contributed by atoms with van der Waals surface area (Å²) >= 11 is 0. The Hall–Kier alpha value is -3.98. The van der Waals surface area contributed by atoms with E-state index < -0.39 is 0 Å². The smallest absolute Gasteiger partial charge is 0.270 e. The molecule has 0 spiro atoms. The van der Waals surface area contributed by atoms with Crippen molar-refractivity contribution in [2.24, 2.45) is 0 Å². The average molecular weight is 459 g/mol. The number of carbonyl (C=O) groups excluding carboxylic acids is 2. The van der Waals surface area contributed by atoms with E-state index in [0.29, 0.717) is 60.5 Å². The molecule has 3 aromatic rings. The second kappa shape index (κ2) is 9.11. The van der Waals surface area contributed by atoms with Crippen molar-refractivity contribution in [1.29, 1.82) is 0 Å². The third-order valence-corrected chi connectivity index (χ3v) is 6.12. The van der Waals surface area contributed by atoms with Crippen molar-refractivity contribution in [3.05, 3.63) is 70.8 Å². The summed E-state index contributed by atoms with van der Waals surface area (Å²) in [7, 11) is 0. The summed E-state index contributed by atoms with van der Waals surface area (Å²) in [5, 5.41) is 6.23.